The number of amides is 1. The number of hydrogen-bond acceptors (Lipinski definition) is 9. The number of fused-ring (bicyclic) bond motifs is 2. The van der Waals surface area contributed by atoms with E-state index < -0.39 is 5.97 Å². The van der Waals surface area contributed by atoms with Gasteiger partial charge in [-0.2, -0.15) is 0 Å². The van der Waals surface area contributed by atoms with Crippen molar-refractivity contribution < 1.29 is 24.2 Å². The number of ether oxygens (including phenoxy) is 2. The standard InChI is InChI=1S/C24H29ClN4O3.C16H19ClN2O3.C8H11ClN2O/c1-14-9-15(2)27-24(31)21(14)12-26-23(30)20-11-19-10-18(25)13-29(19)22(16(20)3)17(4)28-5-7-32-8-6-28;1-10-14(16(20)21)8-13-7-12(17)9-19(13)15(10)11(2)18-3-5-22-6-4-18;1-5-3-6(2)11-8(12)7(5)4-10-9/h9-11,13,17H,5-8,12H2,1-4H3,(H,26,30)(H,27,31);7-9,11H,3-6H2,1-2H3,(H,20,21);3,10H,4H2,1-2H3,(H,11,12). The van der Waals surface area contributed by atoms with Gasteiger partial charge in [-0.1, -0.05) is 23.2 Å². The van der Waals surface area contributed by atoms with Gasteiger partial charge < -0.3 is 38.7 Å². The highest BCUT2D eigenvalue weighted by Crippen LogP contribution is 2.32. The van der Waals surface area contributed by atoms with Gasteiger partial charge in [-0.3, -0.25) is 24.2 Å². The Morgan fingerprint density at radius 3 is 1.48 bits per heavy atom. The van der Waals surface area contributed by atoms with Crippen LogP contribution in [0, 0.1) is 41.5 Å². The monoisotopic (exact) mass is 964 g/mol. The zero-order valence-electron chi connectivity index (χ0n) is 38.7. The lowest BCUT2D eigenvalue weighted by Crippen LogP contribution is -2.39. The Morgan fingerprint density at radius 1 is 0.667 bits per heavy atom. The Balaban J connectivity index is 0.000000182. The SMILES string of the molecule is Cc1c(C(=O)O)cc2cc(Cl)cn2c1C(C)N1CCOCC1.Cc1cc(C)c(CNC(=O)c2cc3cc(Cl)cn3c(C(C)N3CCOCC3)c2C)c(=O)[nH]1.Cc1cc(C)c(CNCl)c(=O)[nH]1. The molecule has 15 nitrogen and oxygen atoms in total. The van der Waals surface area contributed by atoms with Crippen molar-refractivity contribution in [1.82, 2.24) is 38.7 Å². The molecule has 2 aliphatic heterocycles. The molecule has 2 atom stereocenters. The van der Waals surface area contributed by atoms with Crippen LogP contribution in [0.5, 0.6) is 0 Å². The van der Waals surface area contributed by atoms with E-state index in [1.807, 2.05) is 82.6 Å². The molecule has 18 heteroatoms. The molecule has 0 saturated carbocycles. The second kappa shape index (κ2) is 22.2. The average molecular weight is 966 g/mol. The summed E-state index contributed by atoms with van der Waals surface area (Å²) in [7, 11) is 0. The van der Waals surface area contributed by atoms with Gasteiger partial charge in [0.2, 0.25) is 0 Å². The fourth-order valence-corrected chi connectivity index (χ4v) is 9.53. The summed E-state index contributed by atoms with van der Waals surface area (Å²) in [5, 5.41) is 13.6. The lowest BCUT2D eigenvalue weighted by atomic mass is 10.0. The first-order chi connectivity index (χ1) is 31.4. The lowest BCUT2D eigenvalue weighted by molar-refractivity contribution is 0.0186. The molecule has 66 heavy (non-hydrogen) atoms. The Morgan fingerprint density at radius 2 is 1.08 bits per heavy atom. The smallest absolute Gasteiger partial charge is 0.336 e. The van der Waals surface area contributed by atoms with Crippen molar-refractivity contribution >= 4 is 57.9 Å². The van der Waals surface area contributed by atoms with Crippen molar-refractivity contribution in [2.45, 2.75) is 80.6 Å². The molecule has 2 fully saturated rings. The summed E-state index contributed by atoms with van der Waals surface area (Å²) in [6, 6.07) is 11.2. The molecule has 8 heterocycles. The molecule has 8 rings (SSSR count). The fraction of sp³-hybridized carbons (Fsp3) is 0.417. The highest BCUT2D eigenvalue weighted by molar-refractivity contribution is 6.31. The van der Waals surface area contributed by atoms with Crippen LogP contribution >= 0.6 is 35.0 Å². The summed E-state index contributed by atoms with van der Waals surface area (Å²) in [5.41, 5.74) is 10.8. The molecular formula is C48H59Cl3N8O7. The van der Waals surface area contributed by atoms with E-state index in [4.69, 9.17) is 44.5 Å². The van der Waals surface area contributed by atoms with Crippen molar-refractivity contribution in [2.75, 3.05) is 52.6 Å². The van der Waals surface area contributed by atoms with Gasteiger partial charge in [-0.15, -0.1) is 0 Å². The van der Waals surface area contributed by atoms with Gasteiger partial charge >= 0.3 is 5.97 Å². The van der Waals surface area contributed by atoms with Crippen molar-refractivity contribution in [1.29, 1.82) is 0 Å². The molecule has 1 amide bonds. The van der Waals surface area contributed by atoms with Crippen LogP contribution < -0.4 is 21.3 Å². The summed E-state index contributed by atoms with van der Waals surface area (Å²) in [6.07, 6.45) is 3.74. The molecule has 0 spiro atoms. The lowest BCUT2D eigenvalue weighted by Gasteiger charge is -2.34. The van der Waals surface area contributed by atoms with E-state index in [1.54, 1.807) is 12.1 Å². The van der Waals surface area contributed by atoms with Crippen LogP contribution in [0.4, 0.5) is 0 Å². The zero-order chi connectivity index (χ0) is 48.0. The molecule has 2 aliphatic rings. The third-order valence-electron chi connectivity index (χ3n) is 12.4. The number of aryl methyl sites for hydroxylation is 4. The van der Waals surface area contributed by atoms with Gasteiger partial charge in [0.15, 0.2) is 0 Å². The number of pyridine rings is 4. The predicted octanol–water partition coefficient (Wildman–Crippen LogP) is 7.76. The molecule has 5 N–H and O–H groups in total. The molecule has 0 aliphatic carbocycles. The van der Waals surface area contributed by atoms with Gasteiger partial charge in [0.05, 0.1) is 42.0 Å². The van der Waals surface area contributed by atoms with Gasteiger partial charge in [-0.05, 0) is 126 Å². The molecule has 0 aromatic carbocycles. The van der Waals surface area contributed by atoms with E-state index in [2.05, 4.69) is 48.2 Å². The first-order valence-electron chi connectivity index (χ1n) is 21.9. The summed E-state index contributed by atoms with van der Waals surface area (Å²) < 4.78 is 15.0. The first kappa shape index (κ1) is 50.4. The molecular weight excluding hydrogens is 907 g/mol. The Bertz CT molecular complexity index is 2840. The number of aromatic amines is 2. The highest BCUT2D eigenvalue weighted by atomic mass is 35.5. The van der Waals surface area contributed by atoms with Crippen LogP contribution in [-0.4, -0.2) is 98.2 Å². The minimum absolute atomic E-state index is 0.0688. The summed E-state index contributed by atoms with van der Waals surface area (Å²) in [6.45, 7) is 22.3. The van der Waals surface area contributed by atoms with Gasteiger partial charge in [0.25, 0.3) is 17.0 Å². The molecule has 2 saturated heterocycles. The number of carbonyl (C=O) groups is 2. The minimum Gasteiger partial charge on any atom is -0.478 e. The topological polar surface area (TPSA) is 178 Å². The number of aromatic nitrogens is 4. The molecule has 2 unspecified atom stereocenters. The van der Waals surface area contributed by atoms with Crippen LogP contribution in [0.15, 0.2) is 58.4 Å². The van der Waals surface area contributed by atoms with Crippen molar-refractivity contribution in [3.63, 3.8) is 0 Å². The fourth-order valence-electron chi connectivity index (χ4n) is 8.98. The van der Waals surface area contributed by atoms with E-state index >= 15 is 0 Å². The Labute approximate surface area is 399 Å². The minimum atomic E-state index is -0.909. The molecule has 0 bridgehead atoms. The Kier molecular flexibility index (Phi) is 17.0. The predicted molar refractivity (Wildman–Crippen MR) is 260 cm³/mol. The number of rotatable bonds is 10. The number of morpholine rings is 2. The maximum atomic E-state index is 13.2. The number of carbonyl (C=O) groups excluding carboxylic acids is 1. The summed E-state index contributed by atoms with van der Waals surface area (Å²) >= 11 is 17.8. The molecule has 6 aromatic rings. The molecule has 0 radical (unpaired) electrons. The van der Waals surface area contributed by atoms with E-state index in [1.165, 1.54) is 0 Å². The number of carboxylic acids is 1. The van der Waals surface area contributed by atoms with Crippen LogP contribution in [-0.2, 0) is 22.6 Å². The first-order valence-corrected chi connectivity index (χ1v) is 23.0. The summed E-state index contributed by atoms with van der Waals surface area (Å²) in [5.74, 6) is -1.12. The van der Waals surface area contributed by atoms with E-state index in [0.717, 1.165) is 82.2 Å². The van der Waals surface area contributed by atoms with Crippen molar-refractivity contribution in [3.8, 4) is 0 Å². The summed E-state index contributed by atoms with van der Waals surface area (Å²) in [4.78, 5) is 61.0. The number of carboxylic acid groups (broad SMARTS) is 1. The van der Waals surface area contributed by atoms with E-state index in [9.17, 15) is 24.3 Å². The quantitative estimate of drug-likeness (QED) is 0.0853. The maximum absolute atomic E-state index is 13.2. The zero-order valence-corrected chi connectivity index (χ0v) is 40.9. The molecule has 6 aromatic heterocycles. The van der Waals surface area contributed by atoms with Crippen molar-refractivity contribution in [3.05, 3.63) is 147 Å². The van der Waals surface area contributed by atoms with Crippen LogP contribution in [0.25, 0.3) is 11.0 Å². The Hall–Kier alpha value is -4.97. The van der Waals surface area contributed by atoms with Gasteiger partial charge in [-0.25, -0.2) is 9.63 Å². The van der Waals surface area contributed by atoms with Crippen LogP contribution in [0.1, 0.15) is 103 Å². The van der Waals surface area contributed by atoms with E-state index in [0.29, 0.717) is 65.3 Å². The van der Waals surface area contributed by atoms with Gasteiger partial charge in [0, 0.05) is 114 Å². The highest BCUT2D eigenvalue weighted by Gasteiger charge is 2.27. The second-order valence-electron chi connectivity index (χ2n) is 16.9. The third-order valence-corrected chi connectivity index (χ3v) is 13.0. The number of aromatic carboxylic acids is 1. The second-order valence-corrected chi connectivity index (χ2v) is 18.0. The largest absolute Gasteiger partial charge is 0.478 e. The number of nitrogens with zero attached hydrogens (tertiary/aromatic N) is 4. The number of hydrogen-bond donors (Lipinski definition) is 5. The molecule has 354 valence electrons. The average Bonchev–Trinajstić information content (AvgIpc) is 3.84. The van der Waals surface area contributed by atoms with Crippen molar-refractivity contribution in [2.24, 2.45) is 0 Å². The number of halogens is 3. The maximum Gasteiger partial charge on any atom is 0.336 e. The van der Waals surface area contributed by atoms with Gasteiger partial charge in [0.1, 0.15) is 0 Å². The van der Waals surface area contributed by atoms with E-state index in [-0.39, 0.29) is 35.7 Å². The van der Waals surface area contributed by atoms with Crippen LogP contribution in [0.3, 0.4) is 0 Å². The third kappa shape index (κ3) is 11.6. The van der Waals surface area contributed by atoms with Crippen LogP contribution in [0.2, 0.25) is 10.0 Å². The normalized spacial score (nSPS) is 15.4. The number of H-pyrrole nitrogens is 2. The number of nitrogens with one attached hydrogen (secondary N) is 4.